The molecular weight excluding hydrogens is 697 g/mol. The van der Waals surface area contributed by atoms with E-state index in [0.717, 1.165) is 69.5 Å². The molecule has 0 aliphatic rings. The van der Waals surface area contributed by atoms with Crippen molar-refractivity contribution in [2.75, 3.05) is 16.4 Å². The lowest BCUT2D eigenvalue weighted by atomic mass is 10.0. The van der Waals surface area contributed by atoms with Gasteiger partial charge in [0, 0.05) is 34.1 Å². The average molecular weight is 747 g/mol. The third-order valence-corrected chi connectivity index (χ3v) is 9.99. The third-order valence-electron chi connectivity index (χ3n) is 9.99. The number of aromatic nitrogens is 2. The van der Waals surface area contributed by atoms with Crippen molar-refractivity contribution in [2.24, 2.45) is 5.92 Å². The van der Waals surface area contributed by atoms with Gasteiger partial charge in [-0.3, -0.25) is 0 Å². The predicted molar refractivity (Wildman–Crippen MR) is 241 cm³/mol. The molecule has 0 spiro atoms. The maximum absolute atomic E-state index is 6.29. The van der Waals surface area contributed by atoms with Crippen molar-refractivity contribution in [3.05, 3.63) is 198 Å². The molecule has 0 fully saturated rings. The Hall–Kier alpha value is -6.72. The van der Waals surface area contributed by atoms with E-state index in [1.54, 1.807) is 0 Å². The Morgan fingerprint density at radius 1 is 0.474 bits per heavy atom. The Bertz CT molecular complexity index is 2080. The van der Waals surface area contributed by atoms with Gasteiger partial charge in [0.2, 0.25) is 0 Å². The molecule has 6 aromatic carbocycles. The fraction of sp³-hybridized carbons (Fsp3) is 0.154. The number of anilines is 6. The van der Waals surface area contributed by atoms with Gasteiger partial charge in [-0.25, -0.2) is 0 Å². The summed E-state index contributed by atoms with van der Waals surface area (Å²) in [5.41, 5.74) is 10.3. The van der Waals surface area contributed by atoms with Gasteiger partial charge < -0.3 is 14.5 Å². The number of hydrogen-bond donors (Lipinski definition) is 0. The second-order valence-electron chi connectivity index (χ2n) is 14.1. The molecule has 1 aromatic heterocycles. The number of ether oxygens (including phenoxy) is 1. The van der Waals surface area contributed by atoms with Crippen molar-refractivity contribution in [1.82, 2.24) is 9.97 Å². The zero-order chi connectivity index (χ0) is 39.1. The summed E-state index contributed by atoms with van der Waals surface area (Å²) in [7, 11) is 0. The van der Waals surface area contributed by atoms with Crippen LogP contribution in [-0.4, -0.2) is 16.6 Å². The van der Waals surface area contributed by atoms with Crippen molar-refractivity contribution in [2.45, 2.75) is 39.5 Å². The number of nitrogens with zero attached hydrogens (tertiary/aromatic N) is 4. The number of unbranched alkanes of at least 4 members (excludes halogenated alkanes) is 1. The van der Waals surface area contributed by atoms with E-state index in [-0.39, 0.29) is 0 Å². The lowest BCUT2D eigenvalue weighted by molar-refractivity contribution is 0.217. The molecule has 1 heterocycles. The molecule has 0 aliphatic heterocycles. The highest BCUT2D eigenvalue weighted by Crippen LogP contribution is 2.35. The molecule has 5 heteroatoms. The van der Waals surface area contributed by atoms with Crippen LogP contribution in [0.3, 0.4) is 0 Å². The molecule has 0 bridgehead atoms. The highest BCUT2D eigenvalue weighted by Gasteiger charge is 2.14. The van der Waals surface area contributed by atoms with Gasteiger partial charge in [0.1, 0.15) is 0 Å². The van der Waals surface area contributed by atoms with E-state index in [2.05, 4.69) is 181 Å². The first-order chi connectivity index (χ1) is 28.2. The molecule has 0 saturated heterocycles. The zero-order valence-corrected chi connectivity index (χ0v) is 32.9. The topological polar surface area (TPSA) is 41.5 Å². The Kier molecular flexibility index (Phi) is 13.4. The first-order valence-electron chi connectivity index (χ1n) is 20.1. The van der Waals surface area contributed by atoms with Crippen LogP contribution in [0.25, 0.3) is 24.3 Å². The van der Waals surface area contributed by atoms with Crippen LogP contribution in [0.5, 0.6) is 6.01 Å². The molecule has 0 radical (unpaired) electrons. The van der Waals surface area contributed by atoms with E-state index in [1.165, 1.54) is 12.8 Å². The van der Waals surface area contributed by atoms with Gasteiger partial charge in [0.15, 0.2) is 0 Å². The molecular formula is C52H50N4O. The minimum absolute atomic E-state index is 0.403. The summed E-state index contributed by atoms with van der Waals surface area (Å²) in [6.07, 6.45) is 12.9. The summed E-state index contributed by atoms with van der Waals surface area (Å²) in [5, 5.41) is 0. The standard InChI is InChI=1S/C52H50N4O/c1-3-5-18-41(4-2)40-57-52-53-44(33-27-42-29-35-50(36-30-42)55(46-19-10-6-11-20-46)47-21-12-7-13-22-47)39-45(54-52)34-28-43-31-37-51(38-32-43)56(48-23-14-8-15-24-48)49-25-16-9-17-26-49/h6-17,19-39,41H,3-5,18,40H2,1-2H3/b33-27+,34-28+. The summed E-state index contributed by atoms with van der Waals surface area (Å²) in [5.74, 6) is 0.474. The maximum atomic E-state index is 6.29. The molecule has 0 saturated carbocycles. The highest BCUT2D eigenvalue weighted by atomic mass is 16.5. The van der Waals surface area contributed by atoms with Crippen LogP contribution in [0, 0.1) is 5.92 Å². The third kappa shape index (κ3) is 10.5. The Labute approximate surface area is 338 Å². The number of hydrogen-bond acceptors (Lipinski definition) is 5. The highest BCUT2D eigenvalue weighted by molar-refractivity contribution is 5.80. The lowest BCUT2D eigenvalue weighted by Crippen LogP contribution is -2.13. The largest absolute Gasteiger partial charge is 0.463 e. The fourth-order valence-electron chi connectivity index (χ4n) is 6.82. The minimum Gasteiger partial charge on any atom is -0.463 e. The molecule has 0 N–H and O–H groups in total. The zero-order valence-electron chi connectivity index (χ0n) is 32.9. The maximum Gasteiger partial charge on any atom is 0.317 e. The van der Waals surface area contributed by atoms with E-state index in [4.69, 9.17) is 14.7 Å². The van der Waals surface area contributed by atoms with Crippen LogP contribution >= 0.6 is 0 Å². The Morgan fingerprint density at radius 2 is 0.842 bits per heavy atom. The normalized spacial score (nSPS) is 11.8. The summed E-state index contributed by atoms with van der Waals surface area (Å²) < 4.78 is 6.29. The monoisotopic (exact) mass is 746 g/mol. The molecule has 5 nitrogen and oxygen atoms in total. The molecule has 0 aliphatic carbocycles. The van der Waals surface area contributed by atoms with Crippen LogP contribution in [0.2, 0.25) is 0 Å². The molecule has 7 rings (SSSR count). The SMILES string of the molecule is CCCCC(CC)COc1nc(/C=C/c2ccc(N(c3ccccc3)c3ccccc3)cc2)cc(/C=C/c2ccc(N(c3ccccc3)c3ccccc3)cc2)n1. The second-order valence-corrected chi connectivity index (χ2v) is 14.1. The number of rotatable bonds is 17. The van der Waals surface area contributed by atoms with Crippen LogP contribution in [0.1, 0.15) is 62.0 Å². The summed E-state index contributed by atoms with van der Waals surface area (Å²) in [6.45, 7) is 5.07. The van der Waals surface area contributed by atoms with Crippen molar-refractivity contribution < 1.29 is 4.74 Å². The summed E-state index contributed by atoms with van der Waals surface area (Å²) in [4.78, 5) is 14.2. The van der Waals surface area contributed by atoms with Crippen molar-refractivity contribution in [3.8, 4) is 6.01 Å². The van der Waals surface area contributed by atoms with E-state index in [9.17, 15) is 0 Å². The average Bonchev–Trinajstić information content (AvgIpc) is 3.27. The van der Waals surface area contributed by atoms with E-state index in [1.807, 2.05) is 42.5 Å². The Balaban J connectivity index is 1.13. The lowest BCUT2D eigenvalue weighted by Gasteiger charge is -2.25. The van der Waals surface area contributed by atoms with Gasteiger partial charge in [-0.05, 0) is 114 Å². The molecule has 57 heavy (non-hydrogen) atoms. The van der Waals surface area contributed by atoms with Crippen molar-refractivity contribution in [3.63, 3.8) is 0 Å². The molecule has 1 atom stereocenters. The second kappa shape index (κ2) is 19.7. The molecule has 0 amide bonds. The first kappa shape index (κ1) is 38.6. The minimum atomic E-state index is 0.403. The van der Waals surface area contributed by atoms with Gasteiger partial charge in [0.25, 0.3) is 0 Å². The van der Waals surface area contributed by atoms with Gasteiger partial charge in [-0.15, -0.1) is 0 Å². The molecule has 1 unspecified atom stereocenters. The Morgan fingerprint density at radius 3 is 1.19 bits per heavy atom. The van der Waals surface area contributed by atoms with Crippen LogP contribution in [0.4, 0.5) is 34.1 Å². The van der Waals surface area contributed by atoms with Crippen molar-refractivity contribution >= 4 is 58.4 Å². The van der Waals surface area contributed by atoms with E-state index in [0.29, 0.717) is 18.5 Å². The van der Waals surface area contributed by atoms with Gasteiger partial charge in [-0.1, -0.05) is 142 Å². The smallest absolute Gasteiger partial charge is 0.317 e. The van der Waals surface area contributed by atoms with Crippen LogP contribution in [-0.2, 0) is 0 Å². The van der Waals surface area contributed by atoms with Gasteiger partial charge in [-0.2, -0.15) is 9.97 Å². The van der Waals surface area contributed by atoms with Crippen LogP contribution < -0.4 is 14.5 Å². The van der Waals surface area contributed by atoms with Gasteiger partial charge >= 0.3 is 6.01 Å². The number of para-hydroxylation sites is 4. The summed E-state index contributed by atoms with van der Waals surface area (Å²) in [6, 6.07) is 61.4. The number of benzene rings is 6. The fourth-order valence-corrected chi connectivity index (χ4v) is 6.82. The van der Waals surface area contributed by atoms with Gasteiger partial charge in [0.05, 0.1) is 18.0 Å². The summed E-state index contributed by atoms with van der Waals surface area (Å²) >= 11 is 0. The van der Waals surface area contributed by atoms with Crippen LogP contribution in [0.15, 0.2) is 176 Å². The van der Waals surface area contributed by atoms with E-state index < -0.39 is 0 Å². The predicted octanol–water partition coefficient (Wildman–Crippen LogP) is 14.4. The molecule has 7 aromatic rings. The molecule has 284 valence electrons. The first-order valence-corrected chi connectivity index (χ1v) is 20.1. The van der Waals surface area contributed by atoms with Crippen molar-refractivity contribution in [1.29, 1.82) is 0 Å². The van der Waals surface area contributed by atoms with E-state index >= 15 is 0 Å². The quantitative estimate of drug-likeness (QED) is 0.0928.